The third-order valence-corrected chi connectivity index (χ3v) is 4.39. The summed E-state index contributed by atoms with van der Waals surface area (Å²) in [6.07, 6.45) is 7.57. The Morgan fingerprint density at radius 2 is 1.38 bits per heavy atom. The van der Waals surface area contributed by atoms with E-state index in [1.807, 2.05) is 36.4 Å². The van der Waals surface area contributed by atoms with E-state index in [9.17, 15) is 4.79 Å². The Bertz CT molecular complexity index is 650. The standard InChI is InChI=1S/C22H27ClO3/c1-2-3-4-5-6-7-16-25-20-12-14-21(15-13-20)26-17-18-8-10-19(11-9-18)22(23)24/h8-15H,2-7,16-17H2,1H3. The summed E-state index contributed by atoms with van der Waals surface area (Å²) in [5.74, 6) is 1.66. The Kier molecular flexibility index (Phi) is 9.05. The highest BCUT2D eigenvalue weighted by molar-refractivity contribution is 6.67. The number of unbranched alkanes of at least 4 members (excludes halogenated alkanes) is 5. The van der Waals surface area contributed by atoms with Crippen LogP contribution >= 0.6 is 11.6 Å². The lowest BCUT2D eigenvalue weighted by molar-refractivity contribution is 0.108. The van der Waals surface area contributed by atoms with E-state index in [-0.39, 0.29) is 0 Å². The zero-order chi connectivity index (χ0) is 18.6. The van der Waals surface area contributed by atoms with Crippen LogP contribution in [-0.2, 0) is 6.61 Å². The molecule has 2 aromatic carbocycles. The van der Waals surface area contributed by atoms with Gasteiger partial charge in [0, 0.05) is 5.56 Å². The summed E-state index contributed by atoms with van der Waals surface area (Å²) in [5.41, 5.74) is 1.47. The van der Waals surface area contributed by atoms with E-state index in [4.69, 9.17) is 21.1 Å². The van der Waals surface area contributed by atoms with Crippen LogP contribution < -0.4 is 9.47 Å². The van der Waals surface area contributed by atoms with Crippen molar-refractivity contribution in [2.24, 2.45) is 0 Å². The number of rotatable bonds is 12. The number of benzene rings is 2. The highest BCUT2D eigenvalue weighted by atomic mass is 35.5. The van der Waals surface area contributed by atoms with Gasteiger partial charge in [0.1, 0.15) is 18.1 Å². The second-order valence-corrected chi connectivity index (χ2v) is 6.69. The van der Waals surface area contributed by atoms with Crippen LogP contribution in [0, 0.1) is 0 Å². The summed E-state index contributed by atoms with van der Waals surface area (Å²) in [4.78, 5) is 11.0. The Morgan fingerprint density at radius 1 is 0.808 bits per heavy atom. The average molecular weight is 375 g/mol. The van der Waals surface area contributed by atoms with E-state index in [2.05, 4.69) is 6.92 Å². The first-order valence-corrected chi connectivity index (χ1v) is 9.71. The summed E-state index contributed by atoms with van der Waals surface area (Å²) in [6.45, 7) is 3.43. The quantitative estimate of drug-likeness (QED) is 0.319. The maximum atomic E-state index is 11.0. The molecule has 4 heteroatoms. The maximum absolute atomic E-state index is 11.0. The summed E-state index contributed by atoms with van der Waals surface area (Å²) in [5, 5.41) is -0.450. The lowest BCUT2D eigenvalue weighted by atomic mass is 10.1. The fourth-order valence-electron chi connectivity index (χ4n) is 2.60. The molecule has 0 fully saturated rings. The zero-order valence-corrected chi connectivity index (χ0v) is 16.1. The van der Waals surface area contributed by atoms with E-state index < -0.39 is 5.24 Å². The van der Waals surface area contributed by atoms with Crippen LogP contribution in [0.1, 0.15) is 61.4 Å². The molecule has 0 atom stereocenters. The third kappa shape index (κ3) is 7.49. The van der Waals surface area contributed by atoms with Gasteiger partial charge in [-0.25, -0.2) is 0 Å². The normalized spacial score (nSPS) is 10.5. The van der Waals surface area contributed by atoms with Gasteiger partial charge in [-0.2, -0.15) is 0 Å². The van der Waals surface area contributed by atoms with Crippen LogP contribution in [0.25, 0.3) is 0 Å². The third-order valence-electron chi connectivity index (χ3n) is 4.18. The first kappa shape index (κ1) is 20.3. The van der Waals surface area contributed by atoms with Crippen LogP contribution in [0.3, 0.4) is 0 Å². The fourth-order valence-corrected chi connectivity index (χ4v) is 2.73. The number of halogens is 1. The van der Waals surface area contributed by atoms with E-state index >= 15 is 0 Å². The Morgan fingerprint density at radius 3 is 2.00 bits per heavy atom. The van der Waals surface area contributed by atoms with Gasteiger partial charge in [-0.1, -0.05) is 51.2 Å². The highest BCUT2D eigenvalue weighted by Crippen LogP contribution is 2.19. The van der Waals surface area contributed by atoms with Crippen LogP contribution in [0.5, 0.6) is 11.5 Å². The second kappa shape index (κ2) is 11.6. The van der Waals surface area contributed by atoms with Crippen LogP contribution in [0.4, 0.5) is 0 Å². The van der Waals surface area contributed by atoms with E-state index in [1.165, 1.54) is 32.1 Å². The van der Waals surface area contributed by atoms with Crippen LogP contribution in [0.2, 0.25) is 0 Å². The molecule has 0 radical (unpaired) electrons. The predicted molar refractivity (Wildman–Crippen MR) is 106 cm³/mol. The minimum absolute atomic E-state index is 0.439. The minimum atomic E-state index is -0.450. The van der Waals surface area contributed by atoms with Gasteiger partial charge < -0.3 is 9.47 Å². The highest BCUT2D eigenvalue weighted by Gasteiger charge is 2.02. The molecule has 2 rings (SSSR count). The van der Waals surface area contributed by atoms with Gasteiger partial charge in [-0.15, -0.1) is 0 Å². The SMILES string of the molecule is CCCCCCCCOc1ccc(OCc2ccc(C(=O)Cl)cc2)cc1. The largest absolute Gasteiger partial charge is 0.494 e. The predicted octanol–water partition coefficient (Wildman–Crippen LogP) is 6.38. The summed E-state index contributed by atoms with van der Waals surface area (Å²) < 4.78 is 11.5. The zero-order valence-electron chi connectivity index (χ0n) is 15.4. The van der Waals surface area contributed by atoms with Gasteiger partial charge in [0.25, 0.3) is 5.24 Å². The average Bonchev–Trinajstić information content (AvgIpc) is 2.67. The molecule has 0 aliphatic carbocycles. The van der Waals surface area contributed by atoms with Crippen molar-refractivity contribution >= 4 is 16.8 Å². The molecule has 0 spiro atoms. The van der Waals surface area contributed by atoms with Crippen molar-refractivity contribution in [1.82, 2.24) is 0 Å². The molecule has 0 unspecified atom stereocenters. The Balaban J connectivity index is 1.67. The molecular formula is C22H27ClO3. The fraction of sp³-hybridized carbons (Fsp3) is 0.409. The molecule has 0 aliphatic rings. The molecule has 140 valence electrons. The molecule has 0 N–H and O–H groups in total. The van der Waals surface area contributed by atoms with Crippen molar-refractivity contribution in [3.63, 3.8) is 0 Å². The smallest absolute Gasteiger partial charge is 0.252 e. The molecule has 0 heterocycles. The van der Waals surface area contributed by atoms with Gasteiger partial charge in [0.05, 0.1) is 6.61 Å². The maximum Gasteiger partial charge on any atom is 0.252 e. The van der Waals surface area contributed by atoms with Crippen LogP contribution in [-0.4, -0.2) is 11.8 Å². The Hall–Kier alpha value is -2.00. The lowest BCUT2D eigenvalue weighted by Crippen LogP contribution is -1.98. The van der Waals surface area contributed by atoms with Gasteiger partial charge in [-0.05, 0) is 60.0 Å². The van der Waals surface area contributed by atoms with Gasteiger partial charge in [0.15, 0.2) is 0 Å². The summed E-state index contributed by atoms with van der Waals surface area (Å²) >= 11 is 5.44. The number of carbonyl (C=O) groups is 1. The molecule has 3 nitrogen and oxygen atoms in total. The van der Waals surface area contributed by atoms with E-state index in [0.717, 1.165) is 30.1 Å². The molecule has 2 aromatic rings. The molecule has 0 amide bonds. The molecule has 0 aliphatic heterocycles. The number of hydrogen-bond acceptors (Lipinski definition) is 3. The Labute approximate surface area is 161 Å². The first-order chi connectivity index (χ1) is 12.7. The first-order valence-electron chi connectivity index (χ1n) is 9.33. The number of hydrogen-bond donors (Lipinski definition) is 0. The minimum Gasteiger partial charge on any atom is -0.494 e. The van der Waals surface area contributed by atoms with Crippen molar-refractivity contribution in [2.45, 2.75) is 52.1 Å². The lowest BCUT2D eigenvalue weighted by Gasteiger charge is -2.09. The van der Waals surface area contributed by atoms with Gasteiger partial charge >= 0.3 is 0 Å². The van der Waals surface area contributed by atoms with E-state index in [1.54, 1.807) is 12.1 Å². The molecule has 0 bridgehead atoms. The number of carbonyl (C=O) groups excluding carboxylic acids is 1. The summed E-state index contributed by atoms with van der Waals surface area (Å²) in [6, 6.07) is 14.8. The van der Waals surface area contributed by atoms with Crippen molar-refractivity contribution in [3.05, 3.63) is 59.7 Å². The molecule has 0 saturated carbocycles. The monoisotopic (exact) mass is 374 g/mol. The molecule has 26 heavy (non-hydrogen) atoms. The summed E-state index contributed by atoms with van der Waals surface area (Å²) in [7, 11) is 0. The number of ether oxygens (including phenoxy) is 2. The van der Waals surface area contributed by atoms with Crippen molar-refractivity contribution in [1.29, 1.82) is 0 Å². The second-order valence-electron chi connectivity index (χ2n) is 6.35. The van der Waals surface area contributed by atoms with Crippen molar-refractivity contribution in [3.8, 4) is 11.5 Å². The van der Waals surface area contributed by atoms with Crippen molar-refractivity contribution in [2.75, 3.05) is 6.61 Å². The molecule has 0 aromatic heterocycles. The van der Waals surface area contributed by atoms with Gasteiger partial charge in [-0.3, -0.25) is 4.79 Å². The van der Waals surface area contributed by atoms with E-state index in [0.29, 0.717) is 12.2 Å². The molecule has 0 saturated heterocycles. The van der Waals surface area contributed by atoms with Gasteiger partial charge in [0.2, 0.25) is 0 Å². The van der Waals surface area contributed by atoms with Crippen molar-refractivity contribution < 1.29 is 14.3 Å². The molecular weight excluding hydrogens is 348 g/mol. The topological polar surface area (TPSA) is 35.5 Å². The van der Waals surface area contributed by atoms with Crippen LogP contribution in [0.15, 0.2) is 48.5 Å².